The molecule has 0 bridgehead atoms. The number of H-pyrrole nitrogens is 1. The highest BCUT2D eigenvalue weighted by molar-refractivity contribution is 7.71. The molecule has 0 aliphatic carbocycles. The van der Waals surface area contributed by atoms with Crippen LogP contribution in [0.25, 0.3) is 11.4 Å². The first-order valence-corrected chi connectivity index (χ1v) is 9.26. The Labute approximate surface area is 172 Å². The van der Waals surface area contributed by atoms with E-state index in [9.17, 15) is 14.0 Å². The van der Waals surface area contributed by atoms with Gasteiger partial charge in [-0.15, -0.1) is 0 Å². The standard InChI is InChI=1S/C20H20FN5O2S/c1-13-6-8-14(9-7-13)19-23-24-20(29)26(19)12-18(28)25(2)11-17(27)22-16-5-3-4-15(21)10-16/h3-10H,11-12H2,1-2H3,(H,22,27)(H,24,29). The highest BCUT2D eigenvalue weighted by Gasteiger charge is 2.17. The minimum absolute atomic E-state index is 0.0672. The third kappa shape index (κ3) is 5.14. The monoisotopic (exact) mass is 413 g/mol. The largest absolute Gasteiger partial charge is 0.335 e. The topological polar surface area (TPSA) is 83.0 Å². The van der Waals surface area contributed by atoms with Crippen LogP contribution in [0.15, 0.2) is 48.5 Å². The maximum absolute atomic E-state index is 13.2. The number of likely N-dealkylation sites (N-methyl/N-ethyl adjacent to an activating group) is 1. The molecule has 0 aliphatic rings. The third-order valence-electron chi connectivity index (χ3n) is 4.28. The zero-order valence-electron chi connectivity index (χ0n) is 16.0. The van der Waals surface area contributed by atoms with Crippen LogP contribution in [0.4, 0.5) is 10.1 Å². The summed E-state index contributed by atoms with van der Waals surface area (Å²) in [5.41, 5.74) is 2.26. The average Bonchev–Trinajstić information content (AvgIpc) is 3.02. The predicted molar refractivity (Wildman–Crippen MR) is 110 cm³/mol. The second-order valence-electron chi connectivity index (χ2n) is 6.61. The SMILES string of the molecule is Cc1ccc(-c2n[nH]c(=S)n2CC(=O)N(C)CC(=O)Nc2cccc(F)c2)cc1. The molecule has 0 aliphatic heterocycles. The minimum Gasteiger partial charge on any atom is -0.335 e. The van der Waals surface area contributed by atoms with Crippen molar-refractivity contribution in [3.63, 3.8) is 0 Å². The van der Waals surface area contributed by atoms with Gasteiger partial charge in [0.15, 0.2) is 10.6 Å². The number of aromatic nitrogens is 3. The van der Waals surface area contributed by atoms with Crippen molar-refractivity contribution in [1.29, 1.82) is 0 Å². The van der Waals surface area contributed by atoms with Crippen LogP contribution in [0.3, 0.4) is 0 Å². The zero-order valence-corrected chi connectivity index (χ0v) is 16.8. The summed E-state index contributed by atoms with van der Waals surface area (Å²) in [7, 11) is 1.52. The number of carbonyl (C=O) groups excluding carboxylic acids is 2. The number of amides is 2. The zero-order chi connectivity index (χ0) is 21.0. The Morgan fingerprint density at radius 1 is 1.24 bits per heavy atom. The van der Waals surface area contributed by atoms with Gasteiger partial charge in [-0.2, -0.15) is 5.10 Å². The number of halogens is 1. The molecule has 1 aromatic heterocycles. The number of nitrogens with one attached hydrogen (secondary N) is 2. The molecule has 0 saturated heterocycles. The number of benzene rings is 2. The first-order chi connectivity index (χ1) is 13.8. The van der Waals surface area contributed by atoms with Crippen LogP contribution in [0.5, 0.6) is 0 Å². The Hall–Kier alpha value is -3.33. The predicted octanol–water partition coefficient (Wildman–Crippen LogP) is 3.15. The van der Waals surface area contributed by atoms with Crippen molar-refractivity contribution < 1.29 is 14.0 Å². The molecule has 0 saturated carbocycles. The molecule has 0 spiro atoms. The van der Waals surface area contributed by atoms with Crippen LogP contribution in [0.2, 0.25) is 0 Å². The third-order valence-corrected chi connectivity index (χ3v) is 4.59. The van der Waals surface area contributed by atoms with E-state index in [1.165, 1.54) is 30.1 Å². The fourth-order valence-corrected chi connectivity index (χ4v) is 2.91. The van der Waals surface area contributed by atoms with Gasteiger partial charge < -0.3 is 10.2 Å². The Bertz CT molecular complexity index is 1090. The highest BCUT2D eigenvalue weighted by atomic mass is 32.1. The molecule has 150 valence electrons. The first-order valence-electron chi connectivity index (χ1n) is 8.85. The molecule has 0 radical (unpaired) electrons. The summed E-state index contributed by atoms with van der Waals surface area (Å²) >= 11 is 5.25. The van der Waals surface area contributed by atoms with Crippen molar-refractivity contribution in [2.45, 2.75) is 13.5 Å². The van der Waals surface area contributed by atoms with E-state index < -0.39 is 11.7 Å². The summed E-state index contributed by atoms with van der Waals surface area (Å²) in [6.45, 7) is 1.73. The number of nitrogens with zero attached hydrogens (tertiary/aromatic N) is 3. The van der Waals surface area contributed by atoms with Crippen molar-refractivity contribution in [2.24, 2.45) is 0 Å². The smallest absolute Gasteiger partial charge is 0.243 e. The normalized spacial score (nSPS) is 10.6. The van der Waals surface area contributed by atoms with Crippen molar-refractivity contribution >= 4 is 29.7 Å². The lowest BCUT2D eigenvalue weighted by Gasteiger charge is -2.17. The maximum atomic E-state index is 13.2. The van der Waals surface area contributed by atoms with Gasteiger partial charge in [0, 0.05) is 18.3 Å². The first kappa shape index (κ1) is 20.4. The van der Waals surface area contributed by atoms with Gasteiger partial charge in [0.1, 0.15) is 12.4 Å². The van der Waals surface area contributed by atoms with Crippen molar-refractivity contribution in [1.82, 2.24) is 19.7 Å². The van der Waals surface area contributed by atoms with Crippen LogP contribution in [0.1, 0.15) is 5.56 Å². The Morgan fingerprint density at radius 2 is 1.97 bits per heavy atom. The van der Waals surface area contributed by atoms with Gasteiger partial charge in [0.05, 0.1) is 6.54 Å². The van der Waals surface area contributed by atoms with E-state index in [-0.39, 0.29) is 19.0 Å². The summed E-state index contributed by atoms with van der Waals surface area (Å²) in [5.74, 6) is -0.655. The summed E-state index contributed by atoms with van der Waals surface area (Å²) < 4.78 is 15.1. The molecule has 2 N–H and O–H groups in total. The fraction of sp³-hybridized carbons (Fsp3) is 0.200. The van der Waals surface area contributed by atoms with Gasteiger partial charge in [0.25, 0.3) is 0 Å². The van der Waals surface area contributed by atoms with Crippen LogP contribution < -0.4 is 5.32 Å². The van der Waals surface area contributed by atoms with Gasteiger partial charge in [-0.3, -0.25) is 19.3 Å². The van der Waals surface area contributed by atoms with Crippen LogP contribution in [-0.2, 0) is 16.1 Å². The molecule has 2 aromatic carbocycles. The molecule has 3 rings (SSSR count). The highest BCUT2D eigenvalue weighted by Crippen LogP contribution is 2.18. The maximum Gasteiger partial charge on any atom is 0.243 e. The van der Waals surface area contributed by atoms with Gasteiger partial charge in [-0.05, 0) is 37.3 Å². The number of aryl methyl sites for hydroxylation is 1. The lowest BCUT2D eigenvalue weighted by Crippen LogP contribution is -2.37. The summed E-state index contributed by atoms with van der Waals surface area (Å²) in [6, 6.07) is 13.2. The Morgan fingerprint density at radius 3 is 2.66 bits per heavy atom. The molecular formula is C20H20FN5O2S. The van der Waals surface area contributed by atoms with Gasteiger partial charge in [-0.25, -0.2) is 4.39 Å². The van der Waals surface area contributed by atoms with E-state index in [4.69, 9.17) is 12.2 Å². The number of rotatable bonds is 6. The molecule has 0 atom stereocenters. The molecule has 7 nitrogen and oxygen atoms in total. The molecule has 1 heterocycles. The Kier molecular flexibility index (Phi) is 6.18. The number of anilines is 1. The van der Waals surface area contributed by atoms with E-state index in [1.807, 2.05) is 31.2 Å². The number of hydrogen-bond donors (Lipinski definition) is 2. The summed E-state index contributed by atoms with van der Waals surface area (Å²) in [5, 5.41) is 9.48. The molecule has 2 amide bonds. The van der Waals surface area contributed by atoms with Crippen LogP contribution >= 0.6 is 12.2 Å². The molecule has 29 heavy (non-hydrogen) atoms. The van der Waals surface area contributed by atoms with Crippen molar-refractivity contribution in [3.8, 4) is 11.4 Å². The van der Waals surface area contributed by atoms with Crippen molar-refractivity contribution in [2.75, 3.05) is 18.9 Å². The molecule has 0 unspecified atom stereocenters. The van der Waals surface area contributed by atoms with E-state index >= 15 is 0 Å². The van der Waals surface area contributed by atoms with Crippen LogP contribution in [0, 0.1) is 17.5 Å². The molecule has 0 fully saturated rings. The van der Waals surface area contributed by atoms with E-state index in [0.29, 0.717) is 16.3 Å². The van der Waals surface area contributed by atoms with E-state index in [1.54, 1.807) is 10.6 Å². The number of hydrogen-bond acceptors (Lipinski definition) is 4. The summed E-state index contributed by atoms with van der Waals surface area (Å²) in [6.07, 6.45) is 0. The molecular weight excluding hydrogens is 393 g/mol. The Balaban J connectivity index is 1.67. The van der Waals surface area contributed by atoms with Gasteiger partial charge >= 0.3 is 0 Å². The fourth-order valence-electron chi connectivity index (χ4n) is 2.71. The summed E-state index contributed by atoms with van der Waals surface area (Å²) in [4.78, 5) is 26.1. The van der Waals surface area contributed by atoms with E-state index in [0.717, 1.165) is 11.1 Å². The number of aromatic amines is 1. The quantitative estimate of drug-likeness (QED) is 0.608. The van der Waals surface area contributed by atoms with Gasteiger partial charge in [0.2, 0.25) is 11.8 Å². The lowest BCUT2D eigenvalue weighted by atomic mass is 10.1. The van der Waals surface area contributed by atoms with Crippen molar-refractivity contribution in [3.05, 3.63) is 64.7 Å². The van der Waals surface area contributed by atoms with Gasteiger partial charge in [-0.1, -0.05) is 35.9 Å². The molecule has 3 aromatic rings. The van der Waals surface area contributed by atoms with E-state index in [2.05, 4.69) is 15.5 Å². The lowest BCUT2D eigenvalue weighted by molar-refractivity contribution is -0.133. The second-order valence-corrected chi connectivity index (χ2v) is 7.00. The minimum atomic E-state index is -0.454. The second kappa shape index (κ2) is 8.78. The van der Waals surface area contributed by atoms with Crippen LogP contribution in [-0.4, -0.2) is 45.1 Å². The molecule has 9 heteroatoms. The average molecular weight is 413 g/mol. The number of carbonyl (C=O) groups is 2.